The molecule has 2 atom stereocenters. The molecule has 1 aromatic carbocycles. The summed E-state index contributed by atoms with van der Waals surface area (Å²) in [5.74, 6) is 0.722. The van der Waals surface area contributed by atoms with Gasteiger partial charge in [0.25, 0.3) is 0 Å². The fraction of sp³-hybridized carbons (Fsp3) is 0.524. The van der Waals surface area contributed by atoms with Crippen molar-refractivity contribution in [2.75, 3.05) is 6.54 Å². The van der Waals surface area contributed by atoms with E-state index in [1.165, 1.54) is 0 Å². The maximum atomic E-state index is 12.8. The lowest BCUT2D eigenvalue weighted by Gasteiger charge is -2.40. The van der Waals surface area contributed by atoms with Gasteiger partial charge in [-0.1, -0.05) is 58.0 Å². The quantitative estimate of drug-likeness (QED) is 0.805. The van der Waals surface area contributed by atoms with E-state index in [0.717, 1.165) is 12.0 Å². The van der Waals surface area contributed by atoms with Crippen molar-refractivity contribution < 1.29 is 9.59 Å². The van der Waals surface area contributed by atoms with Crippen LogP contribution in [0.25, 0.3) is 6.08 Å². The molecule has 0 spiro atoms. The van der Waals surface area contributed by atoms with Gasteiger partial charge in [0.2, 0.25) is 11.8 Å². The molecule has 4 nitrogen and oxygen atoms in total. The molecule has 2 rings (SSSR count). The van der Waals surface area contributed by atoms with Gasteiger partial charge < -0.3 is 10.2 Å². The van der Waals surface area contributed by atoms with Crippen molar-refractivity contribution in [3.05, 3.63) is 42.0 Å². The molecule has 1 heterocycles. The third kappa shape index (κ3) is 5.73. The highest BCUT2D eigenvalue weighted by Crippen LogP contribution is 2.20. The van der Waals surface area contributed by atoms with E-state index >= 15 is 0 Å². The van der Waals surface area contributed by atoms with Crippen LogP contribution in [0.2, 0.25) is 0 Å². The first kappa shape index (κ1) is 19.2. The summed E-state index contributed by atoms with van der Waals surface area (Å²) in [6.07, 6.45) is 4.98. The Labute approximate surface area is 151 Å². The zero-order chi connectivity index (χ0) is 18.4. The third-order valence-electron chi connectivity index (χ3n) is 4.39. The number of rotatable bonds is 6. The number of carbonyl (C=O) groups is 2. The maximum absolute atomic E-state index is 12.8. The molecule has 2 amide bonds. The predicted molar refractivity (Wildman–Crippen MR) is 102 cm³/mol. The lowest BCUT2D eigenvalue weighted by atomic mass is 9.95. The van der Waals surface area contributed by atoms with Crippen molar-refractivity contribution in [3.8, 4) is 0 Å². The van der Waals surface area contributed by atoms with Gasteiger partial charge in [-0.3, -0.25) is 9.59 Å². The van der Waals surface area contributed by atoms with Gasteiger partial charge in [0.15, 0.2) is 0 Å². The Kier molecular flexibility index (Phi) is 6.80. The molecule has 0 aromatic heterocycles. The molecule has 4 heteroatoms. The van der Waals surface area contributed by atoms with E-state index < -0.39 is 0 Å². The van der Waals surface area contributed by atoms with Crippen LogP contribution in [0.3, 0.4) is 0 Å². The molecule has 0 bridgehead atoms. The standard InChI is InChI=1S/C21H30N2O2/c1-15(2)12-18-14-23(19(13-16(3)4)21(25)22-18)20(24)11-10-17-8-6-5-7-9-17/h5-11,15-16,18-19H,12-14H2,1-4H3,(H,22,25)/t18-,19-/m0/s1. The highest BCUT2D eigenvalue weighted by molar-refractivity contribution is 5.96. The van der Waals surface area contributed by atoms with Crippen molar-refractivity contribution in [2.45, 2.75) is 52.6 Å². The van der Waals surface area contributed by atoms with Crippen LogP contribution in [0.4, 0.5) is 0 Å². The zero-order valence-electron chi connectivity index (χ0n) is 15.7. The van der Waals surface area contributed by atoms with Crippen molar-refractivity contribution in [3.63, 3.8) is 0 Å². The number of hydrogen-bond donors (Lipinski definition) is 1. The topological polar surface area (TPSA) is 49.4 Å². The maximum Gasteiger partial charge on any atom is 0.247 e. The van der Waals surface area contributed by atoms with Crippen LogP contribution in [0.15, 0.2) is 36.4 Å². The van der Waals surface area contributed by atoms with Crippen molar-refractivity contribution in [1.29, 1.82) is 0 Å². The van der Waals surface area contributed by atoms with Crippen molar-refractivity contribution in [1.82, 2.24) is 10.2 Å². The molecule has 1 fully saturated rings. The highest BCUT2D eigenvalue weighted by Gasteiger charge is 2.36. The van der Waals surface area contributed by atoms with Crippen LogP contribution in [-0.4, -0.2) is 35.3 Å². The second-order valence-corrected chi connectivity index (χ2v) is 7.72. The smallest absolute Gasteiger partial charge is 0.247 e. The zero-order valence-corrected chi connectivity index (χ0v) is 15.7. The molecule has 1 aromatic rings. The number of amides is 2. The van der Waals surface area contributed by atoms with E-state index in [2.05, 4.69) is 33.0 Å². The molecule has 1 aliphatic heterocycles. The van der Waals surface area contributed by atoms with E-state index in [0.29, 0.717) is 24.8 Å². The first-order chi connectivity index (χ1) is 11.9. The Hall–Kier alpha value is -2.10. The lowest BCUT2D eigenvalue weighted by molar-refractivity contribution is -0.142. The highest BCUT2D eigenvalue weighted by atomic mass is 16.2. The van der Waals surface area contributed by atoms with E-state index in [9.17, 15) is 9.59 Å². The Morgan fingerprint density at radius 1 is 1.16 bits per heavy atom. The van der Waals surface area contributed by atoms with Crippen LogP contribution in [-0.2, 0) is 9.59 Å². The van der Waals surface area contributed by atoms with Crippen LogP contribution in [0.5, 0.6) is 0 Å². The van der Waals surface area contributed by atoms with Crippen LogP contribution < -0.4 is 5.32 Å². The average molecular weight is 342 g/mol. The van der Waals surface area contributed by atoms with Crippen LogP contribution in [0.1, 0.15) is 46.1 Å². The number of nitrogens with zero attached hydrogens (tertiary/aromatic N) is 1. The minimum absolute atomic E-state index is 0.0212. The fourth-order valence-corrected chi connectivity index (χ4v) is 3.30. The van der Waals surface area contributed by atoms with Crippen molar-refractivity contribution in [2.24, 2.45) is 11.8 Å². The van der Waals surface area contributed by atoms with Gasteiger partial charge in [0, 0.05) is 18.7 Å². The second kappa shape index (κ2) is 8.84. The first-order valence-corrected chi connectivity index (χ1v) is 9.21. The Balaban J connectivity index is 2.16. The molecule has 0 radical (unpaired) electrons. The number of carbonyl (C=O) groups excluding carboxylic acids is 2. The number of hydrogen-bond acceptors (Lipinski definition) is 2. The molecule has 0 aliphatic carbocycles. The molecule has 1 N–H and O–H groups in total. The Morgan fingerprint density at radius 2 is 1.80 bits per heavy atom. The Bertz CT molecular complexity index is 608. The van der Waals surface area contributed by atoms with Crippen LogP contribution in [0, 0.1) is 11.8 Å². The van der Waals surface area contributed by atoms with Gasteiger partial charge in [0.05, 0.1) is 0 Å². The molecule has 25 heavy (non-hydrogen) atoms. The van der Waals surface area contributed by atoms with Gasteiger partial charge in [-0.25, -0.2) is 0 Å². The minimum Gasteiger partial charge on any atom is -0.350 e. The molecule has 0 unspecified atom stereocenters. The lowest BCUT2D eigenvalue weighted by Crippen LogP contribution is -2.61. The molecule has 1 saturated heterocycles. The molecular formula is C21H30N2O2. The third-order valence-corrected chi connectivity index (χ3v) is 4.39. The van der Waals surface area contributed by atoms with E-state index in [4.69, 9.17) is 0 Å². The SMILES string of the molecule is CC(C)C[C@H]1CN(C(=O)C=Cc2ccccc2)[C@@H](CC(C)C)C(=O)N1. The summed E-state index contributed by atoms with van der Waals surface area (Å²) in [6.45, 7) is 9.01. The summed E-state index contributed by atoms with van der Waals surface area (Å²) in [6, 6.07) is 9.40. The van der Waals surface area contributed by atoms with Gasteiger partial charge in [-0.05, 0) is 36.3 Å². The molecular weight excluding hydrogens is 312 g/mol. The summed E-state index contributed by atoms with van der Waals surface area (Å²) in [7, 11) is 0. The van der Waals surface area contributed by atoms with Gasteiger partial charge in [-0.15, -0.1) is 0 Å². The summed E-state index contributed by atoms with van der Waals surface area (Å²) in [4.78, 5) is 27.1. The minimum atomic E-state index is -0.378. The molecule has 0 saturated carbocycles. The van der Waals surface area contributed by atoms with E-state index in [1.54, 1.807) is 11.0 Å². The summed E-state index contributed by atoms with van der Waals surface area (Å²) in [5.41, 5.74) is 0.983. The van der Waals surface area contributed by atoms with Gasteiger partial charge in [-0.2, -0.15) is 0 Å². The largest absolute Gasteiger partial charge is 0.350 e. The second-order valence-electron chi connectivity index (χ2n) is 7.72. The van der Waals surface area contributed by atoms with Gasteiger partial charge in [0.1, 0.15) is 6.04 Å². The van der Waals surface area contributed by atoms with Crippen molar-refractivity contribution >= 4 is 17.9 Å². The summed E-state index contributed by atoms with van der Waals surface area (Å²) < 4.78 is 0. The summed E-state index contributed by atoms with van der Waals surface area (Å²) in [5, 5.41) is 3.10. The normalized spacial score (nSPS) is 21.2. The monoisotopic (exact) mass is 342 g/mol. The van der Waals surface area contributed by atoms with E-state index in [-0.39, 0.29) is 23.9 Å². The van der Waals surface area contributed by atoms with Crippen LogP contribution >= 0.6 is 0 Å². The Morgan fingerprint density at radius 3 is 2.40 bits per heavy atom. The predicted octanol–water partition coefficient (Wildman–Crippen LogP) is 3.49. The average Bonchev–Trinajstić information content (AvgIpc) is 2.55. The number of benzene rings is 1. The van der Waals surface area contributed by atoms with Gasteiger partial charge >= 0.3 is 0 Å². The first-order valence-electron chi connectivity index (χ1n) is 9.21. The number of nitrogens with one attached hydrogen (secondary N) is 1. The molecule has 1 aliphatic rings. The molecule has 136 valence electrons. The van der Waals surface area contributed by atoms with E-state index in [1.807, 2.05) is 36.4 Å². The fourth-order valence-electron chi connectivity index (χ4n) is 3.30. The number of piperazine rings is 1. The summed E-state index contributed by atoms with van der Waals surface area (Å²) >= 11 is 0.